The second kappa shape index (κ2) is 6.89. The summed E-state index contributed by atoms with van der Waals surface area (Å²) in [4.78, 5) is 14.1. The second-order valence-electron chi connectivity index (χ2n) is 4.92. The highest BCUT2D eigenvalue weighted by Gasteiger charge is 2.20. The highest BCUT2D eigenvalue weighted by Crippen LogP contribution is 2.14. The molecule has 0 saturated carbocycles. The number of hydrogen-bond acceptors (Lipinski definition) is 3. The summed E-state index contributed by atoms with van der Waals surface area (Å²) in [6, 6.07) is 7.67. The maximum Gasteiger partial charge on any atom is 0.238 e. The van der Waals surface area contributed by atoms with E-state index in [4.69, 9.17) is 11.6 Å². The standard InChI is InChI=1S/C14H20ClN3O/c1-16-13-3-2-8-18(9-13)10-14(19)17-12-6-4-11(15)5-7-12/h4-7,13,16H,2-3,8-10H2,1H3,(H,17,19). The lowest BCUT2D eigenvalue weighted by Crippen LogP contribution is -2.46. The molecule has 0 aliphatic carbocycles. The van der Waals surface area contributed by atoms with Crippen molar-refractivity contribution in [1.82, 2.24) is 10.2 Å². The molecule has 4 nitrogen and oxygen atoms in total. The number of carbonyl (C=O) groups is 1. The van der Waals surface area contributed by atoms with Crippen molar-refractivity contribution in [3.05, 3.63) is 29.3 Å². The van der Waals surface area contributed by atoms with E-state index >= 15 is 0 Å². The minimum absolute atomic E-state index is 0.0269. The van der Waals surface area contributed by atoms with Crippen LogP contribution in [0.2, 0.25) is 5.02 Å². The molecular weight excluding hydrogens is 262 g/mol. The van der Waals surface area contributed by atoms with Gasteiger partial charge in [0.15, 0.2) is 0 Å². The highest BCUT2D eigenvalue weighted by atomic mass is 35.5. The number of amides is 1. The number of rotatable bonds is 4. The number of nitrogens with zero attached hydrogens (tertiary/aromatic N) is 1. The molecule has 0 spiro atoms. The fourth-order valence-corrected chi connectivity index (χ4v) is 2.50. The van der Waals surface area contributed by atoms with E-state index in [9.17, 15) is 4.79 Å². The van der Waals surface area contributed by atoms with E-state index in [-0.39, 0.29) is 5.91 Å². The van der Waals surface area contributed by atoms with Crippen LogP contribution in [0.3, 0.4) is 0 Å². The van der Waals surface area contributed by atoms with Gasteiger partial charge in [0.1, 0.15) is 0 Å². The van der Waals surface area contributed by atoms with Gasteiger partial charge in [-0.3, -0.25) is 9.69 Å². The highest BCUT2D eigenvalue weighted by molar-refractivity contribution is 6.30. The average molecular weight is 282 g/mol. The monoisotopic (exact) mass is 281 g/mol. The number of carbonyl (C=O) groups excluding carboxylic acids is 1. The Bertz CT molecular complexity index is 421. The molecule has 1 aromatic carbocycles. The minimum Gasteiger partial charge on any atom is -0.325 e. The predicted octanol–water partition coefficient (Wildman–Crippen LogP) is 1.96. The maximum absolute atomic E-state index is 12.0. The molecule has 0 bridgehead atoms. The van der Waals surface area contributed by atoms with Crippen molar-refractivity contribution in [2.75, 3.05) is 32.0 Å². The van der Waals surface area contributed by atoms with E-state index in [0.29, 0.717) is 17.6 Å². The lowest BCUT2D eigenvalue weighted by atomic mass is 10.1. The third-order valence-corrected chi connectivity index (χ3v) is 3.66. The van der Waals surface area contributed by atoms with Crippen molar-refractivity contribution in [2.24, 2.45) is 0 Å². The Morgan fingerprint density at radius 3 is 2.84 bits per heavy atom. The summed E-state index contributed by atoms with van der Waals surface area (Å²) in [5.41, 5.74) is 0.788. The fraction of sp³-hybridized carbons (Fsp3) is 0.500. The Labute approximate surface area is 119 Å². The van der Waals surface area contributed by atoms with E-state index in [1.54, 1.807) is 12.1 Å². The number of likely N-dealkylation sites (N-methyl/N-ethyl adjacent to an activating group) is 1. The van der Waals surface area contributed by atoms with Crippen LogP contribution in [0.1, 0.15) is 12.8 Å². The van der Waals surface area contributed by atoms with Crippen LogP contribution in [-0.4, -0.2) is 43.5 Å². The second-order valence-corrected chi connectivity index (χ2v) is 5.35. The molecule has 1 unspecified atom stereocenters. The van der Waals surface area contributed by atoms with Gasteiger partial charge in [-0.1, -0.05) is 11.6 Å². The third-order valence-electron chi connectivity index (χ3n) is 3.41. The van der Waals surface area contributed by atoms with E-state index in [0.717, 1.165) is 25.2 Å². The Kier molecular flexibility index (Phi) is 5.19. The molecule has 1 heterocycles. The van der Waals surface area contributed by atoms with Crippen molar-refractivity contribution >= 4 is 23.2 Å². The van der Waals surface area contributed by atoms with E-state index in [1.807, 2.05) is 19.2 Å². The molecule has 1 fully saturated rings. The van der Waals surface area contributed by atoms with Crippen molar-refractivity contribution in [3.63, 3.8) is 0 Å². The fourth-order valence-electron chi connectivity index (χ4n) is 2.37. The minimum atomic E-state index is 0.0269. The number of anilines is 1. The molecule has 1 saturated heterocycles. The largest absolute Gasteiger partial charge is 0.325 e. The van der Waals surface area contributed by atoms with Crippen molar-refractivity contribution in [2.45, 2.75) is 18.9 Å². The summed E-state index contributed by atoms with van der Waals surface area (Å²) in [6.45, 7) is 2.37. The van der Waals surface area contributed by atoms with Crippen LogP contribution in [0.4, 0.5) is 5.69 Å². The zero-order chi connectivity index (χ0) is 13.7. The smallest absolute Gasteiger partial charge is 0.238 e. The van der Waals surface area contributed by atoms with Gasteiger partial charge in [0.05, 0.1) is 6.54 Å². The molecule has 0 radical (unpaired) electrons. The summed E-state index contributed by atoms with van der Waals surface area (Å²) < 4.78 is 0. The summed E-state index contributed by atoms with van der Waals surface area (Å²) in [7, 11) is 1.97. The van der Waals surface area contributed by atoms with Gasteiger partial charge in [-0.05, 0) is 50.7 Å². The molecule has 104 valence electrons. The topological polar surface area (TPSA) is 44.4 Å². The van der Waals surface area contributed by atoms with E-state index in [2.05, 4.69) is 15.5 Å². The van der Waals surface area contributed by atoms with Gasteiger partial charge < -0.3 is 10.6 Å². The van der Waals surface area contributed by atoms with Crippen LogP contribution < -0.4 is 10.6 Å². The SMILES string of the molecule is CNC1CCCN(CC(=O)Nc2ccc(Cl)cc2)C1. The number of likely N-dealkylation sites (tertiary alicyclic amines) is 1. The van der Waals surface area contributed by atoms with Gasteiger partial charge in [0.2, 0.25) is 5.91 Å². The summed E-state index contributed by atoms with van der Waals surface area (Å²) in [5, 5.41) is 6.84. The number of hydrogen-bond donors (Lipinski definition) is 2. The van der Waals surface area contributed by atoms with Crippen LogP contribution >= 0.6 is 11.6 Å². The van der Waals surface area contributed by atoms with Crippen LogP contribution in [0.5, 0.6) is 0 Å². The molecule has 19 heavy (non-hydrogen) atoms. The first-order valence-corrected chi connectivity index (χ1v) is 7.00. The number of halogens is 1. The lowest BCUT2D eigenvalue weighted by Gasteiger charge is -2.31. The number of benzene rings is 1. The van der Waals surface area contributed by atoms with Crippen molar-refractivity contribution in [3.8, 4) is 0 Å². The summed E-state index contributed by atoms with van der Waals surface area (Å²) in [5.74, 6) is 0.0269. The number of nitrogens with one attached hydrogen (secondary N) is 2. The molecule has 1 atom stereocenters. The zero-order valence-corrected chi connectivity index (χ0v) is 11.9. The molecule has 1 aromatic rings. The summed E-state index contributed by atoms with van der Waals surface area (Å²) >= 11 is 5.81. The molecule has 5 heteroatoms. The van der Waals surface area contributed by atoms with Gasteiger partial charge in [0.25, 0.3) is 0 Å². The Morgan fingerprint density at radius 1 is 1.42 bits per heavy atom. The lowest BCUT2D eigenvalue weighted by molar-refractivity contribution is -0.117. The average Bonchev–Trinajstić information content (AvgIpc) is 2.41. The first-order chi connectivity index (χ1) is 9.17. The van der Waals surface area contributed by atoms with Crippen LogP contribution in [0.15, 0.2) is 24.3 Å². The molecular formula is C14H20ClN3O. The van der Waals surface area contributed by atoms with Gasteiger partial charge in [0, 0.05) is 23.3 Å². The first kappa shape index (κ1) is 14.3. The van der Waals surface area contributed by atoms with Crippen LogP contribution in [0, 0.1) is 0 Å². The Hall–Kier alpha value is -1.10. The summed E-state index contributed by atoms with van der Waals surface area (Å²) in [6.07, 6.45) is 2.32. The quantitative estimate of drug-likeness (QED) is 0.887. The molecule has 2 N–H and O–H groups in total. The normalized spacial score (nSPS) is 20.2. The molecule has 1 amide bonds. The maximum atomic E-state index is 12.0. The van der Waals surface area contributed by atoms with Gasteiger partial charge >= 0.3 is 0 Å². The van der Waals surface area contributed by atoms with Crippen LogP contribution in [-0.2, 0) is 4.79 Å². The first-order valence-electron chi connectivity index (χ1n) is 6.62. The molecule has 0 aromatic heterocycles. The van der Waals surface area contributed by atoms with Crippen molar-refractivity contribution in [1.29, 1.82) is 0 Å². The van der Waals surface area contributed by atoms with Crippen LogP contribution in [0.25, 0.3) is 0 Å². The third kappa shape index (κ3) is 4.49. The molecule has 1 aliphatic heterocycles. The van der Waals surface area contributed by atoms with Crippen molar-refractivity contribution < 1.29 is 4.79 Å². The Morgan fingerprint density at radius 2 is 2.16 bits per heavy atom. The number of piperidine rings is 1. The van der Waals surface area contributed by atoms with Gasteiger partial charge in [-0.2, -0.15) is 0 Å². The molecule has 1 aliphatic rings. The van der Waals surface area contributed by atoms with Gasteiger partial charge in [-0.15, -0.1) is 0 Å². The van der Waals surface area contributed by atoms with E-state index in [1.165, 1.54) is 6.42 Å². The van der Waals surface area contributed by atoms with E-state index < -0.39 is 0 Å². The predicted molar refractivity (Wildman–Crippen MR) is 78.6 cm³/mol. The van der Waals surface area contributed by atoms with Gasteiger partial charge in [-0.25, -0.2) is 0 Å². The Balaban J connectivity index is 1.82. The zero-order valence-electron chi connectivity index (χ0n) is 11.2. The molecule has 2 rings (SSSR count).